The van der Waals surface area contributed by atoms with Gasteiger partial charge in [0.15, 0.2) is 5.65 Å². The van der Waals surface area contributed by atoms with E-state index in [1.54, 1.807) is 35.1 Å². The number of fused-ring (bicyclic) bond motifs is 2. The maximum Gasteiger partial charge on any atom is 0.282 e. The third-order valence-electron chi connectivity index (χ3n) is 8.97. The molecule has 0 aliphatic carbocycles. The summed E-state index contributed by atoms with van der Waals surface area (Å²) < 4.78 is 18.2. The number of hydrogen-bond donors (Lipinski definition) is 2. The largest absolute Gasteiger partial charge is 0.392 e. The summed E-state index contributed by atoms with van der Waals surface area (Å²) >= 11 is 0. The van der Waals surface area contributed by atoms with Crippen LogP contribution in [0.25, 0.3) is 33.4 Å². The van der Waals surface area contributed by atoms with Crippen LogP contribution in [0.1, 0.15) is 37.5 Å². The standard InChI is InChI=1S/C36H38FN9O2/c1-36(2,3)25-16-24-20-40-46(35(48)33(24)28(37)17-25)31-7-5-6-26(27(31)22-47)29-18-30(34-38-10-11-45(34)42-29)41-32-9-8-23(19-39-32)21-44-14-12-43(4)13-15-44/h5-11,16-20,47H,12-15,21-22H2,1-4H3,(H,39,41). The van der Waals surface area contributed by atoms with Gasteiger partial charge in [0, 0.05) is 67.8 Å². The smallest absolute Gasteiger partial charge is 0.282 e. The molecular formula is C36H38FN9O2. The fourth-order valence-corrected chi connectivity index (χ4v) is 6.15. The summed E-state index contributed by atoms with van der Waals surface area (Å²) in [6.45, 7) is 10.6. The van der Waals surface area contributed by atoms with E-state index < -0.39 is 18.0 Å². The predicted molar refractivity (Wildman–Crippen MR) is 184 cm³/mol. The number of imidazole rings is 1. The number of halogens is 1. The van der Waals surface area contributed by atoms with Gasteiger partial charge in [-0.25, -0.2) is 18.9 Å². The van der Waals surface area contributed by atoms with Crippen LogP contribution >= 0.6 is 0 Å². The molecule has 2 N–H and O–H groups in total. The van der Waals surface area contributed by atoms with E-state index in [2.05, 4.69) is 43.3 Å². The van der Waals surface area contributed by atoms with E-state index in [9.17, 15) is 9.90 Å². The van der Waals surface area contributed by atoms with Gasteiger partial charge in [-0.05, 0) is 53.9 Å². The Morgan fingerprint density at radius 2 is 1.81 bits per heavy atom. The minimum absolute atomic E-state index is 0.0567. The van der Waals surface area contributed by atoms with E-state index in [1.165, 1.54) is 12.3 Å². The van der Waals surface area contributed by atoms with Crippen LogP contribution in [0.5, 0.6) is 0 Å². The molecule has 7 rings (SSSR count). The minimum Gasteiger partial charge on any atom is -0.392 e. The zero-order chi connectivity index (χ0) is 33.6. The van der Waals surface area contributed by atoms with Gasteiger partial charge >= 0.3 is 0 Å². The maximum absolute atomic E-state index is 15.4. The lowest BCUT2D eigenvalue weighted by molar-refractivity contribution is 0.148. The number of rotatable bonds is 7. The van der Waals surface area contributed by atoms with Crippen LogP contribution in [-0.4, -0.2) is 77.5 Å². The Hall–Kier alpha value is -5.04. The summed E-state index contributed by atoms with van der Waals surface area (Å²) in [6, 6.07) is 14.3. The highest BCUT2D eigenvalue weighted by atomic mass is 19.1. The van der Waals surface area contributed by atoms with E-state index >= 15 is 4.39 Å². The molecule has 11 nitrogen and oxygen atoms in total. The number of nitrogens with one attached hydrogen (secondary N) is 1. The molecule has 12 heteroatoms. The second kappa shape index (κ2) is 12.5. The summed E-state index contributed by atoms with van der Waals surface area (Å²) in [5, 5.41) is 23.6. The molecule has 0 bridgehead atoms. The molecule has 6 aromatic rings. The average molecular weight is 648 g/mol. The number of pyridine rings is 1. The molecule has 48 heavy (non-hydrogen) atoms. The van der Waals surface area contributed by atoms with E-state index in [0.29, 0.717) is 45.0 Å². The van der Waals surface area contributed by atoms with Crippen molar-refractivity contribution >= 4 is 27.9 Å². The molecule has 0 amide bonds. The Balaban J connectivity index is 1.23. The topological polar surface area (TPSA) is 117 Å². The first kappa shape index (κ1) is 31.6. The van der Waals surface area contributed by atoms with Crippen molar-refractivity contribution in [1.82, 2.24) is 39.2 Å². The van der Waals surface area contributed by atoms with Crippen molar-refractivity contribution in [2.45, 2.75) is 39.3 Å². The zero-order valence-electron chi connectivity index (χ0n) is 27.5. The molecule has 5 heterocycles. The number of piperazine rings is 1. The molecule has 1 fully saturated rings. The first-order valence-electron chi connectivity index (χ1n) is 16.0. The van der Waals surface area contributed by atoms with Crippen molar-refractivity contribution in [3.63, 3.8) is 0 Å². The van der Waals surface area contributed by atoms with Gasteiger partial charge in [-0.1, -0.05) is 39.0 Å². The fourth-order valence-electron chi connectivity index (χ4n) is 6.15. The molecule has 1 saturated heterocycles. The van der Waals surface area contributed by atoms with E-state index in [1.807, 2.05) is 45.2 Å². The van der Waals surface area contributed by atoms with Crippen LogP contribution in [-0.2, 0) is 18.6 Å². The number of aliphatic hydroxyl groups excluding tert-OH is 1. The minimum atomic E-state index is -0.611. The number of aromatic nitrogens is 6. The van der Waals surface area contributed by atoms with Gasteiger partial charge in [0.05, 0.1) is 35.3 Å². The molecule has 1 aliphatic heterocycles. The van der Waals surface area contributed by atoms with Gasteiger partial charge in [0.1, 0.15) is 11.6 Å². The highest BCUT2D eigenvalue weighted by molar-refractivity contribution is 5.83. The Morgan fingerprint density at radius 3 is 2.54 bits per heavy atom. The second-order valence-electron chi connectivity index (χ2n) is 13.4. The molecule has 0 spiro atoms. The van der Waals surface area contributed by atoms with Gasteiger partial charge in [-0.2, -0.15) is 14.9 Å². The molecule has 2 aromatic carbocycles. The average Bonchev–Trinajstić information content (AvgIpc) is 3.55. The number of benzene rings is 2. The first-order chi connectivity index (χ1) is 23.1. The van der Waals surface area contributed by atoms with Gasteiger partial charge in [0.2, 0.25) is 0 Å². The fraction of sp³-hybridized carbons (Fsp3) is 0.306. The van der Waals surface area contributed by atoms with Crippen molar-refractivity contribution in [1.29, 1.82) is 0 Å². The number of aliphatic hydroxyl groups is 1. The lowest BCUT2D eigenvalue weighted by Crippen LogP contribution is -2.43. The maximum atomic E-state index is 15.4. The summed E-state index contributed by atoms with van der Waals surface area (Å²) in [4.78, 5) is 27.6. The zero-order valence-corrected chi connectivity index (χ0v) is 27.5. The Bertz CT molecular complexity index is 2180. The molecule has 0 unspecified atom stereocenters. The van der Waals surface area contributed by atoms with Crippen LogP contribution in [0.4, 0.5) is 15.9 Å². The molecular weight excluding hydrogens is 609 g/mol. The van der Waals surface area contributed by atoms with Gasteiger partial charge in [-0.15, -0.1) is 0 Å². The van der Waals surface area contributed by atoms with Crippen molar-refractivity contribution in [3.05, 3.63) is 106 Å². The first-order valence-corrected chi connectivity index (χ1v) is 16.0. The molecule has 246 valence electrons. The molecule has 0 radical (unpaired) electrons. The highest BCUT2D eigenvalue weighted by Crippen LogP contribution is 2.32. The summed E-state index contributed by atoms with van der Waals surface area (Å²) in [5.74, 6) is 0.0445. The molecule has 1 aliphatic rings. The van der Waals surface area contributed by atoms with Gasteiger partial charge < -0.3 is 15.3 Å². The van der Waals surface area contributed by atoms with Crippen molar-refractivity contribution in [2.24, 2.45) is 0 Å². The monoisotopic (exact) mass is 647 g/mol. The van der Waals surface area contributed by atoms with Crippen LogP contribution in [0, 0.1) is 5.82 Å². The lowest BCUT2D eigenvalue weighted by Gasteiger charge is -2.32. The SMILES string of the molecule is CN1CCN(Cc2ccc(Nc3cc(-c4cccc(-n5ncc6cc(C(C)(C)C)cc(F)c6c5=O)c4CO)nn4ccnc34)nc2)CC1. The second-order valence-corrected chi connectivity index (χ2v) is 13.4. The Morgan fingerprint density at radius 1 is 1.00 bits per heavy atom. The van der Waals surface area contributed by atoms with Crippen molar-refractivity contribution in [2.75, 3.05) is 38.5 Å². The number of anilines is 2. The van der Waals surface area contributed by atoms with Crippen molar-refractivity contribution in [3.8, 4) is 16.9 Å². The third kappa shape index (κ3) is 6.05. The highest BCUT2D eigenvalue weighted by Gasteiger charge is 2.21. The Labute approximate surface area is 277 Å². The normalized spacial score (nSPS) is 14.6. The third-order valence-corrected chi connectivity index (χ3v) is 8.97. The van der Waals surface area contributed by atoms with E-state index in [-0.39, 0.29) is 10.8 Å². The van der Waals surface area contributed by atoms with Crippen LogP contribution in [0.3, 0.4) is 0 Å². The number of hydrogen-bond acceptors (Lipinski definition) is 9. The molecule has 0 atom stereocenters. The summed E-state index contributed by atoms with van der Waals surface area (Å²) in [7, 11) is 2.15. The van der Waals surface area contributed by atoms with Crippen LogP contribution in [0.2, 0.25) is 0 Å². The summed E-state index contributed by atoms with van der Waals surface area (Å²) in [6.07, 6.45) is 6.78. The predicted octanol–water partition coefficient (Wildman–Crippen LogP) is 4.91. The number of likely N-dealkylation sites (N-methyl/N-ethyl adjacent to an activating group) is 1. The van der Waals surface area contributed by atoms with Crippen LogP contribution in [0.15, 0.2) is 78.1 Å². The van der Waals surface area contributed by atoms with E-state index in [4.69, 9.17) is 5.10 Å². The van der Waals surface area contributed by atoms with Gasteiger partial charge in [0.25, 0.3) is 5.56 Å². The van der Waals surface area contributed by atoms with Crippen LogP contribution < -0.4 is 10.9 Å². The lowest BCUT2D eigenvalue weighted by atomic mass is 9.86. The van der Waals surface area contributed by atoms with Gasteiger partial charge in [-0.3, -0.25) is 9.69 Å². The van der Waals surface area contributed by atoms with Crippen molar-refractivity contribution < 1.29 is 9.50 Å². The Kier molecular flexibility index (Phi) is 8.24. The quantitative estimate of drug-likeness (QED) is 0.249. The number of nitrogens with zero attached hydrogens (tertiary/aromatic N) is 8. The molecule has 0 saturated carbocycles. The van der Waals surface area contributed by atoms with E-state index in [0.717, 1.165) is 48.5 Å². The molecule has 4 aromatic heterocycles. The summed E-state index contributed by atoms with van der Waals surface area (Å²) in [5.41, 5.74) is 4.12.